The van der Waals surface area contributed by atoms with E-state index in [9.17, 15) is 0 Å². The fraction of sp³-hybridized carbons (Fsp3) is 0.474. The van der Waals surface area contributed by atoms with Crippen LogP contribution in [0.15, 0.2) is 72.8 Å². The van der Waals surface area contributed by atoms with E-state index in [2.05, 4.69) is 62.4 Å². The van der Waals surface area contributed by atoms with Crippen LogP contribution in [0, 0.1) is 34.5 Å². The second-order valence-corrected chi connectivity index (χ2v) is 12.2. The van der Waals surface area contributed by atoms with Crippen molar-refractivity contribution in [3.05, 3.63) is 95.1 Å². The molecule has 2 heteroatoms. The average Bonchev–Trinajstić information content (AvgIpc) is 3.02. The predicted octanol–water partition coefficient (Wildman–Crippen LogP) is 10.9. The Morgan fingerprint density at radius 1 is 0.575 bits per heavy atom. The SMILES string of the molecule is CC1CCC(c2ccc(C#N)cc2)CC1.CCCCCC1CCC(c2ccc(-c3ccc(C#N)cc3)cc2)CC1. The molecule has 0 heterocycles. The van der Waals surface area contributed by atoms with Gasteiger partial charge in [0.1, 0.15) is 0 Å². The van der Waals surface area contributed by atoms with Crippen molar-refractivity contribution in [2.75, 3.05) is 0 Å². The van der Waals surface area contributed by atoms with E-state index in [1.165, 1.54) is 99.3 Å². The van der Waals surface area contributed by atoms with Crippen molar-refractivity contribution in [3.8, 4) is 23.3 Å². The zero-order valence-electron chi connectivity index (χ0n) is 24.6. The molecule has 2 nitrogen and oxygen atoms in total. The van der Waals surface area contributed by atoms with Crippen LogP contribution in [0.5, 0.6) is 0 Å². The van der Waals surface area contributed by atoms with Crippen molar-refractivity contribution in [1.29, 1.82) is 10.5 Å². The number of nitriles is 2. The monoisotopic (exact) mass is 530 g/mol. The van der Waals surface area contributed by atoms with Crippen LogP contribution >= 0.6 is 0 Å². The minimum Gasteiger partial charge on any atom is -0.192 e. The van der Waals surface area contributed by atoms with Crippen LogP contribution in [0.4, 0.5) is 0 Å². The quantitative estimate of drug-likeness (QED) is 0.285. The molecule has 5 rings (SSSR count). The van der Waals surface area contributed by atoms with E-state index in [4.69, 9.17) is 10.5 Å². The Labute approximate surface area is 243 Å². The summed E-state index contributed by atoms with van der Waals surface area (Å²) in [4.78, 5) is 0. The van der Waals surface area contributed by atoms with Crippen LogP contribution in [-0.2, 0) is 0 Å². The van der Waals surface area contributed by atoms with Gasteiger partial charge in [0.05, 0.1) is 23.3 Å². The first-order valence-electron chi connectivity index (χ1n) is 15.7. The van der Waals surface area contributed by atoms with Crippen molar-refractivity contribution in [2.24, 2.45) is 11.8 Å². The predicted molar refractivity (Wildman–Crippen MR) is 167 cm³/mol. The molecule has 3 aromatic carbocycles. The number of hydrogen-bond donors (Lipinski definition) is 0. The lowest BCUT2D eigenvalue weighted by Crippen LogP contribution is -2.13. The Morgan fingerprint density at radius 2 is 1.00 bits per heavy atom. The molecule has 0 aromatic heterocycles. The Balaban J connectivity index is 0.000000210. The number of nitrogens with zero attached hydrogens (tertiary/aromatic N) is 2. The van der Waals surface area contributed by atoms with Crippen molar-refractivity contribution in [3.63, 3.8) is 0 Å². The van der Waals surface area contributed by atoms with E-state index < -0.39 is 0 Å². The number of benzene rings is 3. The first kappa shape index (κ1) is 29.6. The van der Waals surface area contributed by atoms with E-state index in [1.54, 1.807) is 0 Å². The normalized spacial score (nSPS) is 22.3. The maximum Gasteiger partial charge on any atom is 0.0991 e. The van der Waals surface area contributed by atoms with Gasteiger partial charge in [0.25, 0.3) is 0 Å². The summed E-state index contributed by atoms with van der Waals surface area (Å²) in [6, 6.07) is 29.4. The number of unbranched alkanes of at least 4 members (excludes halogenated alkanes) is 2. The van der Waals surface area contributed by atoms with Crippen molar-refractivity contribution < 1.29 is 0 Å². The molecule has 0 N–H and O–H groups in total. The highest BCUT2D eigenvalue weighted by Gasteiger charge is 2.22. The first-order chi connectivity index (χ1) is 19.6. The van der Waals surface area contributed by atoms with Crippen LogP contribution in [0.2, 0.25) is 0 Å². The standard InChI is InChI=1S/C24H29N.C14H17N/c1-2-3-4-5-19-6-10-21(11-7-19)23-14-16-24(17-15-23)22-12-8-20(18-25)9-13-22;1-11-2-6-13(7-3-11)14-8-4-12(10-15)5-9-14/h8-9,12-17,19,21H,2-7,10-11H2,1H3;4-5,8-9,11,13H,2-3,6-7H2,1H3. The molecule has 2 fully saturated rings. The maximum absolute atomic E-state index is 8.91. The van der Waals surface area contributed by atoms with Gasteiger partial charge < -0.3 is 0 Å². The summed E-state index contributed by atoms with van der Waals surface area (Å²) in [5, 5.41) is 17.6. The summed E-state index contributed by atoms with van der Waals surface area (Å²) in [6.45, 7) is 4.63. The molecule has 40 heavy (non-hydrogen) atoms. The van der Waals surface area contributed by atoms with Gasteiger partial charge in [-0.3, -0.25) is 0 Å². The molecule has 0 saturated heterocycles. The maximum atomic E-state index is 8.91. The molecule has 0 aliphatic heterocycles. The lowest BCUT2D eigenvalue weighted by molar-refractivity contribution is 0.303. The Morgan fingerprint density at radius 3 is 1.48 bits per heavy atom. The van der Waals surface area contributed by atoms with Crippen LogP contribution in [0.3, 0.4) is 0 Å². The smallest absolute Gasteiger partial charge is 0.0991 e. The Hall–Kier alpha value is -3.36. The van der Waals surface area contributed by atoms with E-state index in [-0.39, 0.29) is 0 Å². The summed E-state index contributed by atoms with van der Waals surface area (Å²) in [5.41, 5.74) is 6.83. The molecule has 0 radical (unpaired) electrons. The largest absolute Gasteiger partial charge is 0.192 e. The van der Waals surface area contributed by atoms with Gasteiger partial charge in [0.2, 0.25) is 0 Å². The van der Waals surface area contributed by atoms with Crippen LogP contribution in [0.25, 0.3) is 11.1 Å². The second kappa shape index (κ2) is 15.4. The molecule has 3 aromatic rings. The van der Waals surface area contributed by atoms with Crippen molar-refractivity contribution in [1.82, 2.24) is 0 Å². The van der Waals surface area contributed by atoms with E-state index >= 15 is 0 Å². The average molecular weight is 531 g/mol. The molecule has 0 unspecified atom stereocenters. The van der Waals surface area contributed by atoms with E-state index in [0.717, 1.165) is 34.8 Å². The molecule has 2 aliphatic rings. The lowest BCUT2D eigenvalue weighted by atomic mass is 9.77. The summed E-state index contributed by atoms with van der Waals surface area (Å²) in [7, 11) is 0. The molecule has 0 amide bonds. The topological polar surface area (TPSA) is 47.6 Å². The molecular formula is C38H46N2. The lowest BCUT2D eigenvalue weighted by Gasteiger charge is -2.29. The molecular weight excluding hydrogens is 484 g/mol. The third kappa shape index (κ3) is 8.57. The highest BCUT2D eigenvalue weighted by molar-refractivity contribution is 5.64. The minimum absolute atomic E-state index is 0.719. The van der Waals surface area contributed by atoms with Gasteiger partial charge in [0.15, 0.2) is 0 Å². The van der Waals surface area contributed by atoms with Crippen LogP contribution in [-0.4, -0.2) is 0 Å². The van der Waals surface area contributed by atoms with Gasteiger partial charge in [-0.25, -0.2) is 0 Å². The van der Waals surface area contributed by atoms with Gasteiger partial charge in [-0.05, 0) is 109 Å². The molecule has 2 aliphatic carbocycles. The Kier molecular flexibility index (Phi) is 11.4. The highest BCUT2D eigenvalue weighted by atomic mass is 14.3. The van der Waals surface area contributed by atoms with Crippen molar-refractivity contribution >= 4 is 0 Å². The van der Waals surface area contributed by atoms with Crippen LogP contribution < -0.4 is 0 Å². The van der Waals surface area contributed by atoms with E-state index in [1.807, 2.05) is 36.4 Å². The first-order valence-corrected chi connectivity index (χ1v) is 15.7. The summed E-state index contributed by atoms with van der Waals surface area (Å²) in [6.07, 6.45) is 16.5. The Bertz CT molecular complexity index is 1230. The fourth-order valence-corrected chi connectivity index (χ4v) is 6.58. The van der Waals surface area contributed by atoms with Gasteiger partial charge in [-0.1, -0.05) is 101 Å². The van der Waals surface area contributed by atoms with Gasteiger partial charge >= 0.3 is 0 Å². The van der Waals surface area contributed by atoms with Crippen molar-refractivity contribution in [2.45, 2.75) is 103 Å². The third-order valence-corrected chi connectivity index (χ3v) is 9.32. The highest BCUT2D eigenvalue weighted by Crippen LogP contribution is 2.38. The summed E-state index contributed by atoms with van der Waals surface area (Å²) >= 11 is 0. The molecule has 0 spiro atoms. The van der Waals surface area contributed by atoms with Gasteiger partial charge in [0, 0.05) is 0 Å². The van der Waals surface area contributed by atoms with Gasteiger partial charge in [-0.15, -0.1) is 0 Å². The number of hydrogen-bond acceptors (Lipinski definition) is 2. The zero-order chi connectivity index (χ0) is 28.2. The zero-order valence-corrected chi connectivity index (χ0v) is 24.6. The molecule has 208 valence electrons. The molecule has 2 saturated carbocycles. The molecule has 0 atom stereocenters. The fourth-order valence-electron chi connectivity index (χ4n) is 6.58. The minimum atomic E-state index is 0.719. The summed E-state index contributed by atoms with van der Waals surface area (Å²) < 4.78 is 0. The third-order valence-electron chi connectivity index (χ3n) is 9.32. The van der Waals surface area contributed by atoms with Crippen LogP contribution in [0.1, 0.15) is 125 Å². The van der Waals surface area contributed by atoms with Gasteiger partial charge in [-0.2, -0.15) is 10.5 Å². The van der Waals surface area contributed by atoms with E-state index in [0.29, 0.717) is 0 Å². The second-order valence-electron chi connectivity index (χ2n) is 12.2. The number of rotatable bonds is 7. The summed E-state index contributed by atoms with van der Waals surface area (Å²) in [5.74, 6) is 3.35. The molecule has 0 bridgehead atoms.